The second-order valence-corrected chi connectivity index (χ2v) is 2.39. The van der Waals surface area contributed by atoms with Crippen molar-refractivity contribution >= 4 is 23.7 Å². The van der Waals surface area contributed by atoms with Crippen LogP contribution < -0.4 is 5.32 Å². The Hall–Kier alpha value is -1.23. The Morgan fingerprint density at radius 3 is 2.69 bits per heavy atom. The number of carboxylic acid groups (broad SMARTS) is 1. The maximum absolute atomic E-state index is 10.8. The Morgan fingerprint density at radius 1 is 1.69 bits per heavy atom. The molecule has 1 amide bonds. The van der Waals surface area contributed by atoms with Gasteiger partial charge in [0, 0.05) is 0 Å². The first-order chi connectivity index (χ1) is 6.11. The molecule has 0 aliphatic carbocycles. The van der Waals surface area contributed by atoms with Gasteiger partial charge in [0.15, 0.2) is 0 Å². The van der Waals surface area contributed by atoms with Gasteiger partial charge in [0.2, 0.25) is 0 Å². The van der Waals surface area contributed by atoms with E-state index in [0.717, 1.165) is 0 Å². The Kier molecular flexibility index (Phi) is 5.71. The highest BCUT2D eigenvalue weighted by molar-refractivity contribution is 6.19. The standard InChI is InChI=1S/C7H10ClNO4/c1-2-3-13-7(12)9-5(4-8)6(10)11/h2,5H,1,3-4H2,(H,9,12)(H,10,11). The molecule has 0 aromatic heterocycles. The highest BCUT2D eigenvalue weighted by Crippen LogP contribution is 1.90. The van der Waals surface area contributed by atoms with E-state index in [9.17, 15) is 9.59 Å². The van der Waals surface area contributed by atoms with Crippen LogP contribution in [0.15, 0.2) is 12.7 Å². The van der Waals surface area contributed by atoms with Gasteiger partial charge < -0.3 is 15.2 Å². The number of alkyl carbamates (subject to hydrolysis) is 1. The van der Waals surface area contributed by atoms with Crippen LogP contribution in [0.3, 0.4) is 0 Å². The van der Waals surface area contributed by atoms with Crippen LogP contribution >= 0.6 is 11.6 Å². The van der Waals surface area contributed by atoms with Crippen molar-refractivity contribution in [3.05, 3.63) is 12.7 Å². The number of aliphatic carboxylic acids is 1. The van der Waals surface area contributed by atoms with E-state index in [1.807, 2.05) is 0 Å². The highest BCUT2D eigenvalue weighted by atomic mass is 35.5. The molecule has 0 bridgehead atoms. The van der Waals surface area contributed by atoms with Crippen molar-refractivity contribution in [3.63, 3.8) is 0 Å². The SMILES string of the molecule is C=CCOC(=O)NC(CCl)C(=O)O. The number of ether oxygens (including phenoxy) is 1. The van der Waals surface area contributed by atoms with Crippen LogP contribution in [-0.4, -0.2) is 35.7 Å². The lowest BCUT2D eigenvalue weighted by Gasteiger charge is -2.10. The van der Waals surface area contributed by atoms with Crippen molar-refractivity contribution in [2.24, 2.45) is 0 Å². The van der Waals surface area contributed by atoms with Gasteiger partial charge in [0.1, 0.15) is 12.6 Å². The number of rotatable bonds is 5. The molecule has 6 heteroatoms. The van der Waals surface area contributed by atoms with E-state index in [1.54, 1.807) is 0 Å². The third-order valence-electron chi connectivity index (χ3n) is 1.08. The second-order valence-electron chi connectivity index (χ2n) is 2.08. The minimum atomic E-state index is -1.20. The fourth-order valence-corrected chi connectivity index (χ4v) is 0.694. The van der Waals surface area contributed by atoms with E-state index in [0.29, 0.717) is 0 Å². The molecule has 2 N–H and O–H groups in total. The van der Waals surface area contributed by atoms with E-state index in [1.165, 1.54) is 6.08 Å². The number of hydrogen-bond acceptors (Lipinski definition) is 3. The zero-order chi connectivity index (χ0) is 10.3. The monoisotopic (exact) mass is 207 g/mol. The van der Waals surface area contributed by atoms with Crippen molar-refractivity contribution in [3.8, 4) is 0 Å². The summed E-state index contributed by atoms with van der Waals surface area (Å²) in [7, 11) is 0. The number of nitrogens with one attached hydrogen (secondary N) is 1. The fourth-order valence-electron chi connectivity index (χ4n) is 0.485. The molecule has 0 heterocycles. The summed E-state index contributed by atoms with van der Waals surface area (Å²) in [6.45, 7) is 3.35. The Labute approximate surface area is 80.3 Å². The van der Waals surface area contributed by atoms with E-state index in [4.69, 9.17) is 16.7 Å². The van der Waals surface area contributed by atoms with Gasteiger partial charge in [-0.3, -0.25) is 0 Å². The molecule has 0 saturated carbocycles. The molecule has 0 rings (SSSR count). The molecule has 74 valence electrons. The molecule has 1 atom stereocenters. The van der Waals surface area contributed by atoms with Crippen molar-refractivity contribution < 1.29 is 19.4 Å². The van der Waals surface area contributed by atoms with E-state index in [2.05, 4.69) is 16.6 Å². The molecule has 0 spiro atoms. The third-order valence-corrected chi connectivity index (χ3v) is 1.39. The molecule has 5 nitrogen and oxygen atoms in total. The average molecular weight is 208 g/mol. The first kappa shape index (κ1) is 11.8. The average Bonchev–Trinajstić information content (AvgIpc) is 2.10. The molecule has 0 fully saturated rings. The van der Waals surface area contributed by atoms with Crippen LogP contribution in [0, 0.1) is 0 Å². The van der Waals surface area contributed by atoms with Crippen molar-refractivity contribution in [1.82, 2.24) is 5.32 Å². The predicted molar refractivity (Wildman–Crippen MR) is 46.8 cm³/mol. The lowest BCUT2D eigenvalue weighted by molar-refractivity contribution is -0.138. The van der Waals surface area contributed by atoms with Gasteiger partial charge in [-0.1, -0.05) is 12.7 Å². The third kappa shape index (κ3) is 5.08. The Balaban J connectivity index is 3.86. The molecule has 0 aromatic carbocycles. The summed E-state index contributed by atoms with van der Waals surface area (Å²) in [4.78, 5) is 21.1. The lowest BCUT2D eigenvalue weighted by Crippen LogP contribution is -2.42. The molecule has 0 radical (unpaired) electrons. The van der Waals surface area contributed by atoms with Crippen LogP contribution in [0.25, 0.3) is 0 Å². The predicted octanol–water partition coefficient (Wildman–Crippen LogP) is 0.591. The summed E-state index contributed by atoms with van der Waals surface area (Å²) in [6.07, 6.45) is 0.545. The summed E-state index contributed by atoms with van der Waals surface area (Å²) >= 11 is 5.27. The van der Waals surface area contributed by atoms with Crippen LogP contribution in [0.5, 0.6) is 0 Å². The summed E-state index contributed by atoms with van der Waals surface area (Å²) in [5.41, 5.74) is 0. The topological polar surface area (TPSA) is 75.6 Å². The molecular formula is C7H10ClNO4. The zero-order valence-electron chi connectivity index (χ0n) is 6.83. The fraction of sp³-hybridized carbons (Fsp3) is 0.429. The van der Waals surface area contributed by atoms with Crippen LogP contribution in [0.4, 0.5) is 4.79 Å². The van der Waals surface area contributed by atoms with Crippen LogP contribution in [0.2, 0.25) is 0 Å². The number of halogens is 1. The first-order valence-corrected chi connectivity index (χ1v) is 3.98. The number of carbonyl (C=O) groups excluding carboxylic acids is 1. The summed E-state index contributed by atoms with van der Waals surface area (Å²) in [5, 5.41) is 10.5. The van der Waals surface area contributed by atoms with Gasteiger partial charge in [-0.25, -0.2) is 9.59 Å². The summed E-state index contributed by atoms with van der Waals surface area (Å²) in [6, 6.07) is -1.13. The summed E-state index contributed by atoms with van der Waals surface area (Å²) in [5.74, 6) is -1.41. The van der Waals surface area contributed by atoms with Crippen molar-refractivity contribution in [1.29, 1.82) is 0 Å². The molecule has 13 heavy (non-hydrogen) atoms. The van der Waals surface area contributed by atoms with Crippen LogP contribution in [0.1, 0.15) is 0 Å². The van der Waals surface area contributed by atoms with E-state index in [-0.39, 0.29) is 12.5 Å². The number of alkyl halides is 1. The zero-order valence-corrected chi connectivity index (χ0v) is 7.58. The number of amides is 1. The Bertz CT molecular complexity index is 207. The number of carbonyl (C=O) groups is 2. The maximum atomic E-state index is 10.8. The molecule has 1 unspecified atom stereocenters. The summed E-state index contributed by atoms with van der Waals surface area (Å²) < 4.78 is 4.48. The minimum Gasteiger partial charge on any atom is -0.480 e. The van der Waals surface area contributed by atoms with Crippen molar-refractivity contribution in [2.75, 3.05) is 12.5 Å². The Morgan fingerprint density at radius 2 is 2.31 bits per heavy atom. The molecule has 0 saturated heterocycles. The number of carboxylic acids is 1. The van der Waals surface area contributed by atoms with Crippen molar-refractivity contribution in [2.45, 2.75) is 6.04 Å². The van der Waals surface area contributed by atoms with E-state index >= 15 is 0 Å². The highest BCUT2D eigenvalue weighted by Gasteiger charge is 2.18. The van der Waals surface area contributed by atoms with Gasteiger partial charge in [-0.05, 0) is 0 Å². The largest absolute Gasteiger partial charge is 0.480 e. The van der Waals surface area contributed by atoms with Gasteiger partial charge in [-0.15, -0.1) is 11.6 Å². The smallest absolute Gasteiger partial charge is 0.408 e. The molecular weight excluding hydrogens is 198 g/mol. The van der Waals surface area contributed by atoms with Gasteiger partial charge in [-0.2, -0.15) is 0 Å². The van der Waals surface area contributed by atoms with Gasteiger partial charge >= 0.3 is 12.1 Å². The van der Waals surface area contributed by atoms with Gasteiger partial charge in [0.05, 0.1) is 5.88 Å². The second kappa shape index (κ2) is 6.30. The normalized spacial score (nSPS) is 11.5. The van der Waals surface area contributed by atoms with Gasteiger partial charge in [0.25, 0.3) is 0 Å². The maximum Gasteiger partial charge on any atom is 0.408 e. The molecule has 0 aliphatic rings. The van der Waals surface area contributed by atoms with Crippen LogP contribution in [-0.2, 0) is 9.53 Å². The molecule has 0 aliphatic heterocycles. The number of hydrogen-bond donors (Lipinski definition) is 2. The lowest BCUT2D eigenvalue weighted by atomic mass is 10.3. The first-order valence-electron chi connectivity index (χ1n) is 3.44. The molecule has 0 aromatic rings. The minimum absolute atomic E-state index is 0.0282. The van der Waals surface area contributed by atoms with E-state index < -0.39 is 18.1 Å². The quantitative estimate of drug-likeness (QED) is 0.511.